The number of hydrogen-bond acceptors (Lipinski definition) is 3. The van der Waals surface area contributed by atoms with E-state index in [1.54, 1.807) is 6.92 Å². The van der Waals surface area contributed by atoms with Crippen molar-refractivity contribution in [3.63, 3.8) is 0 Å². The molecule has 0 unspecified atom stereocenters. The minimum Gasteiger partial charge on any atom is -0.383 e. The number of carbonyl (C=O) groups excluding carboxylic acids is 1. The average molecular weight is 327 g/mol. The van der Waals surface area contributed by atoms with Crippen molar-refractivity contribution in [1.29, 1.82) is 0 Å². The van der Waals surface area contributed by atoms with Gasteiger partial charge in [0.2, 0.25) is 5.91 Å². The predicted molar refractivity (Wildman–Crippen MR) is 76.8 cm³/mol. The molecule has 120 valence electrons. The number of hydrogen-bond donors (Lipinski definition) is 2. The Bertz CT molecular complexity index is 467. The SMILES string of the molecule is COCCNCC(=O)Nc1cc(C(F)(F)F)ccc1C.Cl. The molecular formula is C13H18ClF3N2O2. The second kappa shape index (κ2) is 8.86. The van der Waals surface area contributed by atoms with E-state index in [0.29, 0.717) is 18.7 Å². The molecule has 0 bridgehead atoms. The Balaban J connectivity index is 0.00000400. The number of benzene rings is 1. The Morgan fingerprint density at radius 2 is 2.00 bits per heavy atom. The van der Waals surface area contributed by atoms with Gasteiger partial charge in [-0.2, -0.15) is 13.2 Å². The molecular weight excluding hydrogens is 309 g/mol. The van der Waals surface area contributed by atoms with Gasteiger partial charge in [-0.15, -0.1) is 12.4 Å². The van der Waals surface area contributed by atoms with E-state index in [2.05, 4.69) is 10.6 Å². The van der Waals surface area contributed by atoms with Gasteiger partial charge >= 0.3 is 6.18 Å². The highest BCUT2D eigenvalue weighted by Gasteiger charge is 2.30. The Morgan fingerprint density at radius 1 is 1.33 bits per heavy atom. The fraction of sp³-hybridized carbons (Fsp3) is 0.462. The second-order valence-electron chi connectivity index (χ2n) is 4.25. The van der Waals surface area contributed by atoms with Crippen LogP contribution < -0.4 is 10.6 Å². The summed E-state index contributed by atoms with van der Waals surface area (Å²) in [4.78, 5) is 11.6. The standard InChI is InChI=1S/C13H17F3N2O2.ClH/c1-9-3-4-10(13(14,15)16)7-11(9)18-12(19)8-17-5-6-20-2;/h3-4,7,17H,5-6,8H2,1-2H3,(H,18,19);1H. The van der Waals surface area contributed by atoms with Crippen molar-refractivity contribution in [2.75, 3.05) is 32.1 Å². The number of nitrogens with one attached hydrogen (secondary N) is 2. The fourth-order valence-corrected chi connectivity index (χ4v) is 1.50. The van der Waals surface area contributed by atoms with Crippen molar-refractivity contribution < 1.29 is 22.7 Å². The first-order chi connectivity index (χ1) is 9.34. The van der Waals surface area contributed by atoms with Crippen LogP contribution in [-0.2, 0) is 15.7 Å². The van der Waals surface area contributed by atoms with Gasteiger partial charge < -0.3 is 15.4 Å². The summed E-state index contributed by atoms with van der Waals surface area (Å²) in [5.41, 5.74) is -0.0487. The van der Waals surface area contributed by atoms with E-state index in [1.165, 1.54) is 13.2 Å². The summed E-state index contributed by atoms with van der Waals surface area (Å²) < 4.78 is 42.6. The van der Waals surface area contributed by atoms with Gasteiger partial charge in [-0.25, -0.2) is 0 Å². The van der Waals surface area contributed by atoms with Crippen LogP contribution in [0.5, 0.6) is 0 Å². The smallest absolute Gasteiger partial charge is 0.383 e. The highest BCUT2D eigenvalue weighted by molar-refractivity contribution is 5.93. The summed E-state index contributed by atoms with van der Waals surface area (Å²) in [5.74, 6) is -0.400. The molecule has 0 atom stereocenters. The van der Waals surface area contributed by atoms with Crippen molar-refractivity contribution in [1.82, 2.24) is 5.32 Å². The molecule has 0 spiro atoms. The number of carbonyl (C=O) groups is 1. The van der Waals surface area contributed by atoms with Crippen LogP contribution in [-0.4, -0.2) is 32.7 Å². The summed E-state index contributed by atoms with van der Waals surface area (Å²) in [7, 11) is 1.54. The molecule has 1 amide bonds. The van der Waals surface area contributed by atoms with Crippen LogP contribution in [0.1, 0.15) is 11.1 Å². The lowest BCUT2D eigenvalue weighted by Crippen LogP contribution is -2.30. The molecule has 0 aliphatic heterocycles. The van der Waals surface area contributed by atoms with Gasteiger partial charge in [0.05, 0.1) is 18.7 Å². The molecule has 0 aromatic heterocycles. The molecule has 0 radical (unpaired) electrons. The van der Waals surface area contributed by atoms with Gasteiger partial charge in [-0.1, -0.05) is 6.07 Å². The maximum Gasteiger partial charge on any atom is 0.416 e. The number of amides is 1. The largest absolute Gasteiger partial charge is 0.416 e. The summed E-state index contributed by atoms with van der Waals surface area (Å²) in [6.45, 7) is 2.59. The van der Waals surface area contributed by atoms with Gasteiger partial charge in [0.1, 0.15) is 0 Å². The number of halogens is 4. The molecule has 0 saturated heterocycles. The third kappa shape index (κ3) is 6.79. The van der Waals surface area contributed by atoms with E-state index in [0.717, 1.165) is 12.1 Å². The zero-order valence-electron chi connectivity index (χ0n) is 11.7. The zero-order valence-corrected chi connectivity index (χ0v) is 12.5. The first kappa shape index (κ1) is 19.7. The van der Waals surface area contributed by atoms with Gasteiger partial charge in [0.25, 0.3) is 0 Å². The Hall–Kier alpha value is -1.31. The molecule has 1 aromatic carbocycles. The Kier molecular flexibility index (Phi) is 8.31. The number of rotatable bonds is 6. The van der Waals surface area contributed by atoms with E-state index in [1.807, 2.05) is 0 Å². The fourth-order valence-electron chi connectivity index (χ4n) is 1.50. The van der Waals surface area contributed by atoms with Crippen molar-refractivity contribution in [3.8, 4) is 0 Å². The predicted octanol–water partition coefficient (Wildman–Crippen LogP) is 2.61. The summed E-state index contributed by atoms with van der Waals surface area (Å²) in [5, 5.41) is 5.27. The molecule has 21 heavy (non-hydrogen) atoms. The van der Waals surface area contributed by atoms with Crippen LogP contribution in [0.4, 0.5) is 18.9 Å². The van der Waals surface area contributed by atoms with Gasteiger partial charge in [-0.05, 0) is 24.6 Å². The van der Waals surface area contributed by atoms with Crippen molar-refractivity contribution in [2.45, 2.75) is 13.1 Å². The Morgan fingerprint density at radius 3 is 2.57 bits per heavy atom. The molecule has 0 fully saturated rings. The topological polar surface area (TPSA) is 50.4 Å². The minimum atomic E-state index is -4.43. The summed E-state index contributed by atoms with van der Waals surface area (Å²) in [6.07, 6.45) is -4.43. The van der Waals surface area contributed by atoms with Gasteiger partial charge in [0.15, 0.2) is 0 Å². The molecule has 0 heterocycles. The number of methoxy groups -OCH3 is 1. The van der Waals surface area contributed by atoms with Crippen molar-refractivity contribution in [2.24, 2.45) is 0 Å². The third-order valence-corrected chi connectivity index (χ3v) is 2.61. The first-order valence-corrected chi connectivity index (χ1v) is 6.02. The molecule has 8 heteroatoms. The van der Waals surface area contributed by atoms with Gasteiger partial charge in [0, 0.05) is 19.3 Å². The second-order valence-corrected chi connectivity index (χ2v) is 4.25. The van der Waals surface area contributed by atoms with Crippen LogP contribution in [0.25, 0.3) is 0 Å². The van der Waals surface area contributed by atoms with Crippen LogP contribution >= 0.6 is 12.4 Å². The highest BCUT2D eigenvalue weighted by atomic mass is 35.5. The highest BCUT2D eigenvalue weighted by Crippen LogP contribution is 2.31. The zero-order chi connectivity index (χ0) is 15.2. The number of ether oxygens (including phenoxy) is 1. The van der Waals surface area contributed by atoms with Crippen LogP contribution in [0.2, 0.25) is 0 Å². The van der Waals surface area contributed by atoms with E-state index < -0.39 is 17.6 Å². The van der Waals surface area contributed by atoms with E-state index in [4.69, 9.17) is 4.74 Å². The quantitative estimate of drug-likeness (QED) is 0.790. The maximum atomic E-state index is 12.6. The van der Waals surface area contributed by atoms with Crippen LogP contribution in [0.15, 0.2) is 18.2 Å². The van der Waals surface area contributed by atoms with Crippen molar-refractivity contribution >= 4 is 24.0 Å². The van der Waals surface area contributed by atoms with E-state index >= 15 is 0 Å². The minimum absolute atomic E-state index is 0. The van der Waals surface area contributed by atoms with E-state index in [-0.39, 0.29) is 24.6 Å². The number of alkyl halides is 3. The molecule has 0 aliphatic rings. The summed E-state index contributed by atoms with van der Waals surface area (Å²) >= 11 is 0. The number of anilines is 1. The maximum absolute atomic E-state index is 12.6. The lowest BCUT2D eigenvalue weighted by atomic mass is 10.1. The molecule has 0 saturated carbocycles. The Labute approximate surface area is 127 Å². The van der Waals surface area contributed by atoms with Crippen molar-refractivity contribution in [3.05, 3.63) is 29.3 Å². The summed E-state index contributed by atoms with van der Waals surface area (Å²) in [6, 6.07) is 3.25. The normalized spacial score (nSPS) is 10.9. The van der Waals surface area contributed by atoms with E-state index in [9.17, 15) is 18.0 Å². The average Bonchev–Trinajstić information content (AvgIpc) is 2.36. The molecule has 1 rings (SSSR count). The van der Waals surface area contributed by atoms with Crippen LogP contribution in [0, 0.1) is 6.92 Å². The third-order valence-electron chi connectivity index (χ3n) is 2.61. The van der Waals surface area contributed by atoms with Gasteiger partial charge in [-0.3, -0.25) is 4.79 Å². The molecule has 0 aliphatic carbocycles. The first-order valence-electron chi connectivity index (χ1n) is 6.02. The monoisotopic (exact) mass is 326 g/mol. The van der Waals surface area contributed by atoms with Crippen LogP contribution in [0.3, 0.4) is 0 Å². The molecule has 2 N–H and O–H groups in total. The molecule has 1 aromatic rings. The molecule has 4 nitrogen and oxygen atoms in total. The lowest BCUT2D eigenvalue weighted by molar-refractivity contribution is -0.137. The lowest BCUT2D eigenvalue weighted by Gasteiger charge is -2.12. The number of aryl methyl sites for hydroxylation is 1.